The van der Waals surface area contributed by atoms with E-state index in [4.69, 9.17) is 4.74 Å². The van der Waals surface area contributed by atoms with Crippen LogP contribution in [0.4, 0.5) is 13.2 Å². The molecule has 0 bridgehead atoms. The Hall–Kier alpha value is -2.85. The Bertz CT molecular complexity index is 1070. The first-order valence-corrected chi connectivity index (χ1v) is 10.0. The van der Waals surface area contributed by atoms with E-state index in [0.717, 1.165) is 12.1 Å². The fourth-order valence-electron chi connectivity index (χ4n) is 3.30. The third-order valence-electron chi connectivity index (χ3n) is 4.79. The topological polar surface area (TPSA) is 68.2 Å². The lowest BCUT2D eigenvalue weighted by Crippen LogP contribution is -2.42. The van der Waals surface area contributed by atoms with Crippen LogP contribution in [0.3, 0.4) is 0 Å². The molecule has 30 heavy (non-hydrogen) atoms. The van der Waals surface area contributed by atoms with Gasteiger partial charge in [-0.25, -0.2) is 4.98 Å². The summed E-state index contributed by atoms with van der Waals surface area (Å²) in [4.78, 5) is 27.8. The quantitative estimate of drug-likeness (QED) is 0.620. The average molecular weight is 434 g/mol. The number of benzene rings is 1. The molecule has 1 atom stereocenters. The molecule has 1 saturated heterocycles. The van der Waals surface area contributed by atoms with E-state index < -0.39 is 17.8 Å². The van der Waals surface area contributed by atoms with E-state index in [1.807, 2.05) is 0 Å². The Morgan fingerprint density at radius 1 is 1.23 bits per heavy atom. The van der Waals surface area contributed by atoms with Gasteiger partial charge in [0.05, 0.1) is 41.3 Å². The number of hydrogen-bond donors (Lipinski definition) is 0. The molecule has 0 spiro atoms. The minimum atomic E-state index is -4.46. The van der Waals surface area contributed by atoms with Crippen molar-refractivity contribution in [1.82, 2.24) is 19.9 Å². The molecule has 1 fully saturated rings. The molecule has 3 heterocycles. The molecule has 1 aliphatic rings. The Balaban J connectivity index is 1.64. The summed E-state index contributed by atoms with van der Waals surface area (Å²) in [6, 6.07) is 4.93. The van der Waals surface area contributed by atoms with Crippen LogP contribution in [0.25, 0.3) is 11.3 Å². The van der Waals surface area contributed by atoms with Crippen molar-refractivity contribution in [2.24, 2.45) is 0 Å². The van der Waals surface area contributed by atoms with Crippen molar-refractivity contribution >= 4 is 17.2 Å². The summed E-state index contributed by atoms with van der Waals surface area (Å²) < 4.78 is 45.2. The zero-order valence-electron chi connectivity index (χ0n) is 15.9. The third-order valence-corrected chi connectivity index (χ3v) is 5.70. The molecule has 1 amide bonds. The van der Waals surface area contributed by atoms with Crippen LogP contribution < -0.4 is 0 Å². The molecule has 0 aliphatic carbocycles. The van der Waals surface area contributed by atoms with Gasteiger partial charge in [0.25, 0.3) is 5.91 Å². The van der Waals surface area contributed by atoms with Gasteiger partial charge in [-0.05, 0) is 19.1 Å². The summed E-state index contributed by atoms with van der Waals surface area (Å²) in [5, 5.41) is 0. The van der Waals surface area contributed by atoms with E-state index in [9.17, 15) is 18.0 Å². The molecule has 6 nitrogen and oxygen atoms in total. The molecule has 2 aromatic heterocycles. The van der Waals surface area contributed by atoms with Gasteiger partial charge in [-0.3, -0.25) is 14.8 Å². The van der Waals surface area contributed by atoms with Crippen molar-refractivity contribution in [3.63, 3.8) is 0 Å². The molecule has 156 valence electrons. The monoisotopic (exact) mass is 434 g/mol. The van der Waals surface area contributed by atoms with Crippen LogP contribution in [-0.4, -0.2) is 45.5 Å². The first-order valence-electron chi connectivity index (χ1n) is 9.14. The maximum Gasteiger partial charge on any atom is 0.416 e. The number of nitrogens with zero attached hydrogens (tertiary/aromatic N) is 4. The second kappa shape index (κ2) is 8.11. The lowest BCUT2D eigenvalue weighted by Gasteiger charge is -2.33. The number of ether oxygens (including phenoxy) is 1. The summed E-state index contributed by atoms with van der Waals surface area (Å²) >= 11 is 1.27. The Labute approximate surface area is 174 Å². The molecule has 1 unspecified atom stereocenters. The van der Waals surface area contributed by atoms with Crippen molar-refractivity contribution in [2.75, 3.05) is 19.7 Å². The van der Waals surface area contributed by atoms with Gasteiger partial charge in [0.2, 0.25) is 0 Å². The molecular weight excluding hydrogens is 417 g/mol. The number of aromatic nitrogens is 3. The van der Waals surface area contributed by atoms with E-state index >= 15 is 0 Å². The third kappa shape index (κ3) is 4.05. The van der Waals surface area contributed by atoms with Crippen molar-refractivity contribution in [1.29, 1.82) is 0 Å². The van der Waals surface area contributed by atoms with Gasteiger partial charge in [-0.2, -0.15) is 13.2 Å². The molecule has 4 rings (SSSR count). The fourth-order valence-corrected chi connectivity index (χ4v) is 4.07. The smallest absolute Gasteiger partial charge is 0.368 e. The van der Waals surface area contributed by atoms with Crippen LogP contribution in [0.2, 0.25) is 0 Å². The molecule has 0 saturated carbocycles. The highest BCUT2D eigenvalue weighted by Crippen LogP contribution is 2.34. The lowest BCUT2D eigenvalue weighted by atomic mass is 10.0. The summed E-state index contributed by atoms with van der Waals surface area (Å²) in [7, 11) is 0. The maximum absolute atomic E-state index is 13.1. The zero-order chi connectivity index (χ0) is 21.3. The number of carbonyl (C=O) groups excluding carboxylic acids is 1. The van der Waals surface area contributed by atoms with Crippen molar-refractivity contribution in [3.05, 3.63) is 64.0 Å². The van der Waals surface area contributed by atoms with Crippen LogP contribution in [0.1, 0.15) is 32.7 Å². The van der Waals surface area contributed by atoms with Gasteiger partial charge in [0.1, 0.15) is 11.0 Å². The number of aryl methyl sites for hydroxylation is 1. The van der Waals surface area contributed by atoms with E-state index in [2.05, 4.69) is 15.0 Å². The number of carbonyl (C=O) groups is 1. The van der Waals surface area contributed by atoms with Crippen LogP contribution in [0.15, 0.2) is 42.2 Å². The summed E-state index contributed by atoms with van der Waals surface area (Å²) in [6.07, 6.45) is -2.18. The predicted octanol–water partition coefficient (Wildman–Crippen LogP) is 4.14. The predicted molar refractivity (Wildman–Crippen MR) is 104 cm³/mol. The SMILES string of the molecule is Cc1ncsc1C(=O)N1CCOC(c2nccnc2-c2cccc(C(F)(F)F)c2)C1. The van der Waals surface area contributed by atoms with E-state index in [0.29, 0.717) is 34.1 Å². The second-order valence-electron chi connectivity index (χ2n) is 6.75. The van der Waals surface area contributed by atoms with Crippen molar-refractivity contribution in [2.45, 2.75) is 19.2 Å². The first kappa shape index (κ1) is 20.4. The highest BCUT2D eigenvalue weighted by Gasteiger charge is 2.33. The Morgan fingerprint density at radius 2 is 2.03 bits per heavy atom. The minimum absolute atomic E-state index is 0.146. The molecule has 0 N–H and O–H groups in total. The van der Waals surface area contributed by atoms with Crippen molar-refractivity contribution < 1.29 is 22.7 Å². The van der Waals surface area contributed by atoms with E-state index in [1.165, 1.54) is 29.8 Å². The fraction of sp³-hybridized carbons (Fsp3) is 0.300. The second-order valence-corrected chi connectivity index (χ2v) is 7.60. The van der Waals surface area contributed by atoms with Crippen molar-refractivity contribution in [3.8, 4) is 11.3 Å². The highest BCUT2D eigenvalue weighted by atomic mass is 32.1. The number of alkyl halides is 3. The number of amides is 1. The summed E-state index contributed by atoms with van der Waals surface area (Å²) in [5.41, 5.74) is 2.51. The molecule has 0 radical (unpaired) electrons. The standard InChI is InChI=1S/C20H17F3N4O2S/c1-12-18(30-11-26-12)19(28)27-7-8-29-15(10-27)17-16(24-5-6-25-17)13-3-2-4-14(9-13)20(21,22)23/h2-6,9,11,15H,7-8,10H2,1H3. The number of morpholine rings is 1. The lowest BCUT2D eigenvalue weighted by molar-refractivity contribution is -0.137. The molecule has 3 aromatic rings. The van der Waals surface area contributed by atoms with Gasteiger partial charge in [-0.1, -0.05) is 12.1 Å². The zero-order valence-corrected chi connectivity index (χ0v) is 16.7. The Morgan fingerprint density at radius 3 is 2.77 bits per heavy atom. The first-order chi connectivity index (χ1) is 14.3. The molecule has 1 aliphatic heterocycles. The van der Waals surface area contributed by atoms with E-state index in [-0.39, 0.29) is 19.1 Å². The van der Waals surface area contributed by atoms with Gasteiger partial charge in [0.15, 0.2) is 0 Å². The normalized spacial score (nSPS) is 17.2. The molecule has 10 heteroatoms. The molecule has 1 aromatic carbocycles. The van der Waals surface area contributed by atoms with Crippen LogP contribution >= 0.6 is 11.3 Å². The number of hydrogen-bond acceptors (Lipinski definition) is 6. The summed E-state index contributed by atoms with van der Waals surface area (Å²) in [6.45, 7) is 2.69. The van der Waals surface area contributed by atoms with Crippen LogP contribution in [-0.2, 0) is 10.9 Å². The average Bonchev–Trinajstić information content (AvgIpc) is 3.18. The largest absolute Gasteiger partial charge is 0.416 e. The highest BCUT2D eigenvalue weighted by molar-refractivity contribution is 7.11. The number of thiazole rings is 1. The van der Waals surface area contributed by atoms with Crippen LogP contribution in [0, 0.1) is 6.92 Å². The number of rotatable bonds is 3. The van der Waals surface area contributed by atoms with Gasteiger partial charge >= 0.3 is 6.18 Å². The van der Waals surface area contributed by atoms with E-state index in [1.54, 1.807) is 23.4 Å². The maximum atomic E-state index is 13.1. The van der Waals surface area contributed by atoms with Gasteiger partial charge in [0, 0.05) is 24.5 Å². The minimum Gasteiger partial charge on any atom is -0.368 e. The van der Waals surface area contributed by atoms with Gasteiger partial charge in [-0.15, -0.1) is 11.3 Å². The Kier molecular flexibility index (Phi) is 5.52. The summed E-state index contributed by atoms with van der Waals surface area (Å²) in [5.74, 6) is -0.146. The number of halogens is 3. The van der Waals surface area contributed by atoms with Gasteiger partial charge < -0.3 is 9.64 Å². The van der Waals surface area contributed by atoms with Crippen LogP contribution in [0.5, 0.6) is 0 Å². The molecular formula is C20H17F3N4O2S.